The van der Waals surface area contributed by atoms with Crippen molar-refractivity contribution in [2.75, 3.05) is 0 Å². The SMILES string of the molecule is CC(OCl)(OCl)OCl. The lowest BCUT2D eigenvalue weighted by atomic mass is 10.7. The van der Waals surface area contributed by atoms with Crippen molar-refractivity contribution < 1.29 is 12.9 Å². The summed E-state index contributed by atoms with van der Waals surface area (Å²) in [6.07, 6.45) is 0. The van der Waals surface area contributed by atoms with Crippen LogP contribution in [0.25, 0.3) is 0 Å². The van der Waals surface area contributed by atoms with Gasteiger partial charge in [0.2, 0.25) is 0 Å². The molecule has 0 aliphatic rings. The van der Waals surface area contributed by atoms with Gasteiger partial charge in [0.05, 0.1) is 35.6 Å². The topological polar surface area (TPSA) is 27.7 Å². The van der Waals surface area contributed by atoms with Gasteiger partial charge >= 0.3 is 5.97 Å². The van der Waals surface area contributed by atoms with Crippen LogP contribution >= 0.6 is 35.6 Å². The van der Waals surface area contributed by atoms with Crippen molar-refractivity contribution in [1.82, 2.24) is 0 Å². The second-order valence-corrected chi connectivity index (χ2v) is 1.56. The molecule has 0 aliphatic heterocycles. The highest BCUT2D eigenvalue weighted by molar-refractivity contribution is 6.10. The van der Waals surface area contributed by atoms with Crippen LogP contribution in [0.1, 0.15) is 6.92 Å². The van der Waals surface area contributed by atoms with E-state index in [0.717, 1.165) is 0 Å². The van der Waals surface area contributed by atoms with Crippen LogP contribution < -0.4 is 0 Å². The number of hydrogen-bond donors (Lipinski definition) is 0. The van der Waals surface area contributed by atoms with Crippen molar-refractivity contribution in [2.45, 2.75) is 12.9 Å². The zero-order valence-electron chi connectivity index (χ0n) is 3.86. The van der Waals surface area contributed by atoms with E-state index in [0.29, 0.717) is 0 Å². The van der Waals surface area contributed by atoms with E-state index >= 15 is 0 Å². The van der Waals surface area contributed by atoms with Gasteiger partial charge in [0.25, 0.3) is 0 Å². The molecule has 0 aromatic rings. The standard InChI is InChI=1S/C2H3Cl3O3/c1-2(6-3,7-4)8-5/h1H3. The highest BCUT2D eigenvalue weighted by atomic mass is 35.5. The second kappa shape index (κ2) is 3.71. The molecule has 0 rings (SSSR count). The second-order valence-electron chi connectivity index (χ2n) is 1.09. The number of rotatable bonds is 3. The molecule has 0 aromatic carbocycles. The summed E-state index contributed by atoms with van der Waals surface area (Å²) >= 11 is 14.4. The smallest absolute Gasteiger partial charge is 0.214 e. The molecule has 0 spiro atoms. The third-order valence-electron chi connectivity index (χ3n) is 0.420. The summed E-state index contributed by atoms with van der Waals surface area (Å²) in [5.41, 5.74) is 0. The van der Waals surface area contributed by atoms with E-state index in [-0.39, 0.29) is 0 Å². The van der Waals surface area contributed by atoms with Gasteiger partial charge in [-0.05, 0) is 0 Å². The third kappa shape index (κ3) is 2.35. The summed E-state index contributed by atoms with van der Waals surface area (Å²) in [5.74, 6) is -1.58. The highest BCUT2D eigenvalue weighted by Gasteiger charge is 2.26. The summed E-state index contributed by atoms with van der Waals surface area (Å²) in [7, 11) is 0. The molecule has 0 amide bonds. The first-order valence-corrected chi connectivity index (χ1v) is 2.50. The number of hydrogen-bond acceptors (Lipinski definition) is 3. The fraction of sp³-hybridized carbons (Fsp3) is 1.00. The Kier molecular flexibility index (Phi) is 4.06. The molecule has 0 radical (unpaired) electrons. The van der Waals surface area contributed by atoms with Gasteiger partial charge in [-0.3, -0.25) is 0 Å². The first-order valence-electron chi connectivity index (χ1n) is 1.58. The first kappa shape index (κ1) is 8.75. The minimum atomic E-state index is -1.58. The predicted octanol–water partition coefficient (Wildman–Crippen LogP) is 2.17. The molecular formula is C2H3Cl3O3. The Morgan fingerprint density at radius 3 is 1.25 bits per heavy atom. The van der Waals surface area contributed by atoms with E-state index in [1.807, 2.05) is 0 Å². The molecular weight excluding hydrogens is 178 g/mol. The molecule has 3 nitrogen and oxygen atoms in total. The monoisotopic (exact) mass is 180 g/mol. The van der Waals surface area contributed by atoms with Gasteiger partial charge in [-0.2, -0.15) is 0 Å². The summed E-state index contributed by atoms with van der Waals surface area (Å²) < 4.78 is 12.0. The molecule has 6 heteroatoms. The molecule has 8 heavy (non-hydrogen) atoms. The maximum Gasteiger partial charge on any atom is 0.328 e. The Labute approximate surface area is 61.9 Å². The lowest BCUT2D eigenvalue weighted by molar-refractivity contribution is -0.232. The molecule has 0 unspecified atom stereocenters. The minimum absolute atomic E-state index is 1.29. The van der Waals surface area contributed by atoms with Gasteiger partial charge < -0.3 is 0 Å². The van der Waals surface area contributed by atoms with Crippen molar-refractivity contribution in [3.8, 4) is 0 Å². The van der Waals surface area contributed by atoms with E-state index in [1.54, 1.807) is 0 Å². The van der Waals surface area contributed by atoms with Crippen molar-refractivity contribution >= 4 is 35.6 Å². The lowest BCUT2D eigenvalue weighted by Gasteiger charge is -2.15. The maximum atomic E-state index is 4.79. The normalized spacial score (nSPS) is 12.0. The minimum Gasteiger partial charge on any atom is -0.214 e. The average Bonchev–Trinajstić information content (AvgIpc) is 1.87. The largest absolute Gasteiger partial charge is 0.328 e. The van der Waals surface area contributed by atoms with Gasteiger partial charge in [0, 0.05) is 6.92 Å². The van der Waals surface area contributed by atoms with E-state index in [4.69, 9.17) is 35.6 Å². The first-order chi connectivity index (χ1) is 3.68. The van der Waals surface area contributed by atoms with Crippen molar-refractivity contribution in [1.29, 1.82) is 0 Å². The zero-order chi connectivity index (χ0) is 6.62. The highest BCUT2D eigenvalue weighted by Crippen LogP contribution is 2.19. The van der Waals surface area contributed by atoms with E-state index in [1.165, 1.54) is 6.92 Å². The Morgan fingerprint density at radius 2 is 1.25 bits per heavy atom. The molecule has 0 aliphatic carbocycles. The molecule has 0 atom stereocenters. The Balaban J connectivity index is 3.58. The predicted molar refractivity (Wildman–Crippen MR) is 29.2 cm³/mol. The van der Waals surface area contributed by atoms with Crippen LogP contribution in [0, 0.1) is 0 Å². The van der Waals surface area contributed by atoms with E-state index in [2.05, 4.69) is 12.9 Å². The van der Waals surface area contributed by atoms with Crippen LogP contribution in [0.15, 0.2) is 0 Å². The molecule has 50 valence electrons. The average molecular weight is 181 g/mol. The summed E-state index contributed by atoms with van der Waals surface area (Å²) in [6.45, 7) is 1.29. The Hall–Kier alpha value is 0.750. The van der Waals surface area contributed by atoms with Crippen LogP contribution in [-0.2, 0) is 12.9 Å². The maximum absolute atomic E-state index is 4.79. The molecule has 0 aromatic heterocycles. The van der Waals surface area contributed by atoms with Crippen LogP contribution in [0.4, 0.5) is 0 Å². The fourth-order valence-electron chi connectivity index (χ4n) is 0.0357. The summed E-state index contributed by atoms with van der Waals surface area (Å²) in [6, 6.07) is 0. The number of halogens is 3. The van der Waals surface area contributed by atoms with E-state index in [9.17, 15) is 0 Å². The Bertz CT molecular complexity index is 55.3. The summed E-state index contributed by atoms with van der Waals surface area (Å²) in [4.78, 5) is 0. The van der Waals surface area contributed by atoms with Gasteiger partial charge in [0.1, 0.15) is 0 Å². The Morgan fingerprint density at radius 1 is 1.00 bits per heavy atom. The quantitative estimate of drug-likeness (QED) is 0.625. The summed E-state index contributed by atoms with van der Waals surface area (Å²) in [5, 5.41) is 0. The van der Waals surface area contributed by atoms with Crippen molar-refractivity contribution in [2.24, 2.45) is 0 Å². The molecule has 0 bridgehead atoms. The molecule has 0 saturated heterocycles. The van der Waals surface area contributed by atoms with Crippen LogP contribution in [0.3, 0.4) is 0 Å². The van der Waals surface area contributed by atoms with Crippen molar-refractivity contribution in [3.05, 3.63) is 0 Å². The molecule has 0 saturated carbocycles. The lowest BCUT2D eigenvalue weighted by Crippen LogP contribution is -2.25. The van der Waals surface area contributed by atoms with Gasteiger partial charge in [-0.15, -0.1) is 0 Å². The molecule has 0 heterocycles. The van der Waals surface area contributed by atoms with Gasteiger partial charge in [0.15, 0.2) is 0 Å². The van der Waals surface area contributed by atoms with E-state index < -0.39 is 5.97 Å². The van der Waals surface area contributed by atoms with Gasteiger partial charge in [-0.1, -0.05) is 0 Å². The van der Waals surface area contributed by atoms with Crippen LogP contribution in [0.2, 0.25) is 0 Å². The van der Waals surface area contributed by atoms with Crippen LogP contribution in [0.5, 0.6) is 0 Å². The van der Waals surface area contributed by atoms with Crippen LogP contribution in [-0.4, -0.2) is 5.97 Å². The zero-order valence-corrected chi connectivity index (χ0v) is 6.13. The molecule has 0 N–H and O–H groups in total. The molecule has 0 fully saturated rings. The van der Waals surface area contributed by atoms with Gasteiger partial charge in [-0.25, -0.2) is 12.9 Å². The van der Waals surface area contributed by atoms with Crippen molar-refractivity contribution in [3.63, 3.8) is 0 Å². The third-order valence-corrected chi connectivity index (χ3v) is 1.26. The fourth-order valence-corrected chi connectivity index (χ4v) is 0.321.